The van der Waals surface area contributed by atoms with Crippen LogP contribution in [-0.4, -0.2) is 23.6 Å². The molecule has 0 fully saturated rings. The molecule has 4 nitrogen and oxygen atoms in total. The van der Waals surface area contributed by atoms with Crippen LogP contribution >= 0.6 is 0 Å². The number of ether oxygens (including phenoxy) is 1. The predicted octanol–water partition coefficient (Wildman–Crippen LogP) is 5.00. The molecule has 1 heterocycles. The Balaban J connectivity index is 2.31. The van der Waals surface area contributed by atoms with E-state index in [1.54, 1.807) is 11.9 Å². The van der Waals surface area contributed by atoms with Gasteiger partial charge in [0.2, 0.25) is 11.8 Å². The maximum absolute atomic E-state index is 13.1. The molecule has 0 aliphatic heterocycles. The van der Waals surface area contributed by atoms with Crippen molar-refractivity contribution in [2.45, 2.75) is 39.3 Å². The molecule has 0 amide bonds. The number of nitrogens with zero attached hydrogens (tertiary/aromatic N) is 3. The fraction of sp³-hybridized carbons (Fsp3) is 0.444. The largest absolute Gasteiger partial charge is 0.477 e. The third-order valence-electron chi connectivity index (χ3n) is 3.65. The van der Waals surface area contributed by atoms with Gasteiger partial charge < -0.3 is 9.64 Å². The summed E-state index contributed by atoms with van der Waals surface area (Å²) in [7, 11) is 1.71. The molecule has 0 saturated heterocycles. The molecular weight excluding hydrogens is 331 g/mol. The molecule has 25 heavy (non-hydrogen) atoms. The van der Waals surface area contributed by atoms with Gasteiger partial charge in [-0.2, -0.15) is 18.2 Å². The Morgan fingerprint density at radius 1 is 1.08 bits per heavy atom. The molecule has 0 unspecified atom stereocenters. The maximum Gasteiger partial charge on any atom is 0.423 e. The first-order valence-electron chi connectivity index (χ1n) is 8.26. The van der Waals surface area contributed by atoms with E-state index in [0.29, 0.717) is 6.42 Å². The minimum atomic E-state index is -4.55. The Bertz CT molecular complexity index is 687. The van der Waals surface area contributed by atoms with E-state index in [0.717, 1.165) is 24.7 Å². The molecule has 0 radical (unpaired) electrons. The van der Waals surface area contributed by atoms with Crippen LogP contribution in [0, 0.1) is 0 Å². The van der Waals surface area contributed by atoms with Crippen LogP contribution in [0.3, 0.4) is 0 Å². The minimum Gasteiger partial charge on any atom is -0.477 e. The van der Waals surface area contributed by atoms with Crippen molar-refractivity contribution >= 4 is 11.6 Å². The smallest absolute Gasteiger partial charge is 0.423 e. The molecular formula is C18H22F3N3O. The monoisotopic (exact) mass is 353 g/mol. The molecule has 136 valence electrons. The van der Waals surface area contributed by atoms with E-state index in [2.05, 4.69) is 16.9 Å². The minimum absolute atomic E-state index is 0.155. The van der Waals surface area contributed by atoms with Gasteiger partial charge in [0.25, 0.3) is 0 Å². The number of hydrogen-bond acceptors (Lipinski definition) is 4. The van der Waals surface area contributed by atoms with Crippen molar-refractivity contribution in [3.8, 4) is 5.88 Å². The number of benzene rings is 1. The van der Waals surface area contributed by atoms with Gasteiger partial charge in [0, 0.05) is 18.9 Å². The van der Waals surface area contributed by atoms with Gasteiger partial charge in [0.05, 0.1) is 6.61 Å². The van der Waals surface area contributed by atoms with E-state index in [4.69, 9.17) is 4.74 Å². The average Bonchev–Trinajstić information content (AvgIpc) is 2.59. The van der Waals surface area contributed by atoms with E-state index < -0.39 is 17.6 Å². The number of aryl methyl sites for hydroxylation is 1. The Kier molecular flexibility index (Phi) is 6.22. The highest BCUT2D eigenvalue weighted by molar-refractivity contribution is 5.57. The summed E-state index contributed by atoms with van der Waals surface area (Å²) in [4.78, 5) is 9.48. The third kappa shape index (κ3) is 4.84. The van der Waals surface area contributed by atoms with Gasteiger partial charge in [-0.05, 0) is 30.5 Å². The summed E-state index contributed by atoms with van der Waals surface area (Å²) in [6.45, 7) is 4.09. The zero-order valence-corrected chi connectivity index (χ0v) is 14.6. The van der Waals surface area contributed by atoms with E-state index >= 15 is 0 Å². The van der Waals surface area contributed by atoms with Crippen LogP contribution in [0.15, 0.2) is 30.5 Å². The Hall–Kier alpha value is -2.31. The Morgan fingerprint density at radius 3 is 2.32 bits per heavy atom. The van der Waals surface area contributed by atoms with Crippen molar-refractivity contribution in [3.63, 3.8) is 0 Å². The topological polar surface area (TPSA) is 38.2 Å². The zero-order chi connectivity index (χ0) is 18.4. The summed E-state index contributed by atoms with van der Waals surface area (Å²) in [6, 6.07) is 7.79. The van der Waals surface area contributed by atoms with Crippen molar-refractivity contribution in [2.75, 3.05) is 18.6 Å². The van der Waals surface area contributed by atoms with Gasteiger partial charge >= 0.3 is 6.18 Å². The van der Waals surface area contributed by atoms with Crippen molar-refractivity contribution in [1.29, 1.82) is 0 Å². The quantitative estimate of drug-likeness (QED) is 0.702. The molecule has 0 bridgehead atoms. The summed E-state index contributed by atoms with van der Waals surface area (Å²) in [5, 5.41) is 0. The molecule has 0 N–H and O–H groups in total. The summed E-state index contributed by atoms with van der Waals surface area (Å²) in [5.74, 6) is -0.281. The third-order valence-corrected chi connectivity index (χ3v) is 3.65. The van der Waals surface area contributed by atoms with Crippen LogP contribution in [0.1, 0.15) is 37.8 Å². The maximum atomic E-state index is 13.1. The second-order valence-corrected chi connectivity index (χ2v) is 5.71. The van der Waals surface area contributed by atoms with Gasteiger partial charge in [-0.1, -0.05) is 32.4 Å². The Morgan fingerprint density at radius 2 is 1.76 bits per heavy atom. The molecule has 2 aromatic rings. The van der Waals surface area contributed by atoms with Crippen LogP contribution in [0.25, 0.3) is 0 Å². The predicted molar refractivity (Wildman–Crippen MR) is 91.3 cm³/mol. The number of hydrogen-bond donors (Lipinski definition) is 0. The van der Waals surface area contributed by atoms with Crippen LogP contribution in [0.2, 0.25) is 0 Å². The van der Waals surface area contributed by atoms with Gasteiger partial charge in [-0.3, -0.25) is 0 Å². The lowest BCUT2D eigenvalue weighted by molar-refractivity contribution is -0.139. The fourth-order valence-corrected chi connectivity index (χ4v) is 2.31. The van der Waals surface area contributed by atoms with Crippen molar-refractivity contribution in [3.05, 3.63) is 41.6 Å². The molecule has 0 spiro atoms. The lowest BCUT2D eigenvalue weighted by Gasteiger charge is -2.20. The van der Waals surface area contributed by atoms with Gasteiger partial charge in [-0.15, -0.1) is 0 Å². The first-order chi connectivity index (χ1) is 11.9. The Labute approximate surface area is 145 Å². The standard InChI is InChI=1S/C18H22F3N3O/c1-4-6-13-7-9-14(10-8-13)24(3)17-22-12-15(18(19,20)21)16(23-17)25-11-5-2/h7-10,12H,4-6,11H2,1-3H3. The number of anilines is 2. The van der Waals surface area contributed by atoms with Gasteiger partial charge in [0.1, 0.15) is 5.56 Å². The van der Waals surface area contributed by atoms with Crippen LogP contribution in [0.4, 0.5) is 24.8 Å². The highest BCUT2D eigenvalue weighted by Gasteiger charge is 2.36. The van der Waals surface area contributed by atoms with E-state index in [1.165, 1.54) is 5.56 Å². The molecule has 0 atom stereocenters. The van der Waals surface area contributed by atoms with Crippen molar-refractivity contribution in [2.24, 2.45) is 0 Å². The second kappa shape index (κ2) is 8.18. The number of halogens is 3. The lowest BCUT2D eigenvalue weighted by atomic mass is 10.1. The molecule has 7 heteroatoms. The van der Waals surface area contributed by atoms with Crippen LogP contribution < -0.4 is 9.64 Å². The van der Waals surface area contributed by atoms with Gasteiger partial charge in [-0.25, -0.2) is 4.98 Å². The highest BCUT2D eigenvalue weighted by Crippen LogP contribution is 2.36. The summed E-state index contributed by atoms with van der Waals surface area (Å²) in [5.41, 5.74) is 1.04. The van der Waals surface area contributed by atoms with Crippen LogP contribution in [-0.2, 0) is 12.6 Å². The lowest BCUT2D eigenvalue weighted by Crippen LogP contribution is -2.17. The number of rotatable bonds is 7. The second-order valence-electron chi connectivity index (χ2n) is 5.71. The van der Waals surface area contributed by atoms with E-state index in [-0.39, 0.29) is 12.6 Å². The summed E-state index contributed by atoms with van der Waals surface area (Å²) < 4.78 is 44.4. The molecule has 1 aromatic carbocycles. The first kappa shape index (κ1) is 19.0. The van der Waals surface area contributed by atoms with Crippen molar-refractivity contribution in [1.82, 2.24) is 9.97 Å². The van der Waals surface area contributed by atoms with E-state index in [1.807, 2.05) is 31.2 Å². The molecule has 0 aliphatic carbocycles. The van der Waals surface area contributed by atoms with Crippen LogP contribution in [0.5, 0.6) is 5.88 Å². The molecule has 2 rings (SSSR count). The fourth-order valence-electron chi connectivity index (χ4n) is 2.31. The molecule has 1 aromatic heterocycles. The average molecular weight is 353 g/mol. The summed E-state index contributed by atoms with van der Waals surface area (Å²) >= 11 is 0. The zero-order valence-electron chi connectivity index (χ0n) is 14.6. The van der Waals surface area contributed by atoms with E-state index in [9.17, 15) is 13.2 Å². The van der Waals surface area contributed by atoms with Gasteiger partial charge in [0.15, 0.2) is 0 Å². The highest BCUT2D eigenvalue weighted by atomic mass is 19.4. The first-order valence-corrected chi connectivity index (χ1v) is 8.26. The summed E-state index contributed by atoms with van der Waals surface area (Å²) in [6.07, 6.45) is -1.16. The number of aromatic nitrogens is 2. The molecule has 0 aliphatic rings. The van der Waals surface area contributed by atoms with Crippen molar-refractivity contribution < 1.29 is 17.9 Å². The number of alkyl halides is 3. The normalized spacial score (nSPS) is 11.4. The molecule has 0 saturated carbocycles. The SMILES string of the molecule is CCCOc1nc(N(C)c2ccc(CCC)cc2)ncc1C(F)(F)F.